The van der Waals surface area contributed by atoms with Crippen LogP contribution in [0.4, 0.5) is 0 Å². The van der Waals surface area contributed by atoms with Gasteiger partial charge in [0.1, 0.15) is 6.04 Å². The third-order valence-corrected chi connectivity index (χ3v) is 8.90. The van der Waals surface area contributed by atoms with Gasteiger partial charge in [0.05, 0.1) is 22.9 Å². The maximum absolute atomic E-state index is 13.0. The van der Waals surface area contributed by atoms with Gasteiger partial charge >= 0.3 is 0 Å². The second kappa shape index (κ2) is 9.97. The Bertz CT molecular complexity index is 1350. The van der Waals surface area contributed by atoms with Gasteiger partial charge in [-0.05, 0) is 54.3 Å². The number of aromatic nitrogens is 1. The standard InChI is InChI=1S/C23H26ClN3O4S2/c1-26-19(14-28)15-32-23(26)25-27-10-3-2-4-21(27)22(29)9-11-33(30,31)20-8-6-16-12-18(24)7-5-17(16)13-20/h5-8,12-13,15,21,28H,2-4,9-11,14H2,1H3/b25-23-. The Balaban J connectivity index is 1.49. The largest absolute Gasteiger partial charge is 0.390 e. The summed E-state index contributed by atoms with van der Waals surface area (Å²) >= 11 is 7.41. The predicted molar refractivity (Wildman–Crippen MR) is 130 cm³/mol. The van der Waals surface area contributed by atoms with Crippen molar-refractivity contribution in [3.8, 4) is 0 Å². The van der Waals surface area contributed by atoms with Crippen LogP contribution in [0.2, 0.25) is 5.02 Å². The quantitative estimate of drug-likeness (QED) is 0.528. The Morgan fingerprint density at radius 2 is 1.97 bits per heavy atom. The lowest BCUT2D eigenvalue weighted by atomic mass is 9.99. The number of Topliss-reactive ketones (excluding diaryl/α,β-unsaturated/α-hetero) is 1. The van der Waals surface area contributed by atoms with Crippen molar-refractivity contribution >= 4 is 49.3 Å². The molecule has 0 amide bonds. The number of ketones is 1. The fraction of sp³-hybridized carbons (Fsp3) is 0.391. The highest BCUT2D eigenvalue weighted by Crippen LogP contribution is 2.24. The molecule has 10 heteroatoms. The summed E-state index contributed by atoms with van der Waals surface area (Å²) in [7, 11) is -1.79. The third-order valence-electron chi connectivity index (χ3n) is 5.99. The molecule has 0 spiro atoms. The van der Waals surface area contributed by atoms with E-state index >= 15 is 0 Å². The Labute approximate surface area is 201 Å². The summed E-state index contributed by atoms with van der Waals surface area (Å²) in [5, 5.41) is 19.9. The number of hydrogen-bond donors (Lipinski definition) is 1. The van der Waals surface area contributed by atoms with Crippen LogP contribution in [-0.4, -0.2) is 47.2 Å². The highest BCUT2D eigenvalue weighted by molar-refractivity contribution is 7.91. The molecule has 3 aromatic rings. The molecule has 1 unspecified atom stereocenters. The van der Waals surface area contributed by atoms with Gasteiger partial charge in [-0.1, -0.05) is 23.7 Å². The number of aliphatic hydroxyl groups excluding tert-OH is 1. The first-order valence-corrected chi connectivity index (χ1v) is 13.7. The molecule has 1 aliphatic heterocycles. The van der Waals surface area contributed by atoms with Crippen molar-refractivity contribution in [2.45, 2.75) is 43.2 Å². The van der Waals surface area contributed by atoms with E-state index in [-0.39, 0.29) is 29.5 Å². The second-order valence-electron chi connectivity index (χ2n) is 8.19. The number of fused-ring (bicyclic) bond motifs is 1. The molecular formula is C23H26ClN3O4S2. The number of carbonyl (C=O) groups excluding carboxylic acids is 1. The number of thiazole rings is 1. The summed E-state index contributed by atoms with van der Waals surface area (Å²) in [5.74, 6) is -0.354. The van der Waals surface area contributed by atoms with Crippen molar-refractivity contribution < 1.29 is 18.3 Å². The molecule has 33 heavy (non-hydrogen) atoms. The number of sulfone groups is 1. The number of hydrogen-bond acceptors (Lipinski definition) is 7. The van der Waals surface area contributed by atoms with E-state index in [0.29, 0.717) is 22.8 Å². The van der Waals surface area contributed by atoms with Gasteiger partial charge < -0.3 is 9.67 Å². The number of halogens is 1. The molecule has 0 radical (unpaired) electrons. The number of benzene rings is 2. The highest BCUT2D eigenvalue weighted by atomic mass is 35.5. The van der Waals surface area contributed by atoms with Crippen molar-refractivity contribution in [3.05, 3.63) is 57.3 Å². The van der Waals surface area contributed by atoms with E-state index in [0.717, 1.165) is 29.3 Å². The van der Waals surface area contributed by atoms with Gasteiger partial charge in [0, 0.05) is 30.4 Å². The fourth-order valence-corrected chi connectivity index (χ4v) is 6.39. The number of carbonyl (C=O) groups is 1. The molecule has 1 saturated heterocycles. The zero-order chi connectivity index (χ0) is 23.6. The summed E-state index contributed by atoms with van der Waals surface area (Å²) in [5.41, 5.74) is 0.752. The number of nitrogens with zero attached hydrogens (tertiary/aromatic N) is 3. The third kappa shape index (κ3) is 5.32. The lowest BCUT2D eigenvalue weighted by molar-refractivity contribution is -0.125. The van der Waals surface area contributed by atoms with Gasteiger partial charge in [-0.15, -0.1) is 16.4 Å². The Morgan fingerprint density at radius 3 is 2.73 bits per heavy atom. The van der Waals surface area contributed by atoms with E-state index in [2.05, 4.69) is 5.10 Å². The second-order valence-corrected chi connectivity index (χ2v) is 11.6. The fourth-order valence-electron chi connectivity index (χ4n) is 4.02. The first kappa shape index (κ1) is 23.9. The van der Waals surface area contributed by atoms with Gasteiger partial charge in [0.25, 0.3) is 0 Å². The molecule has 4 rings (SSSR count). The monoisotopic (exact) mass is 507 g/mol. The van der Waals surface area contributed by atoms with Gasteiger partial charge in [-0.25, -0.2) is 8.42 Å². The summed E-state index contributed by atoms with van der Waals surface area (Å²) < 4.78 is 27.7. The van der Waals surface area contributed by atoms with Crippen LogP contribution >= 0.6 is 22.9 Å². The van der Waals surface area contributed by atoms with Gasteiger partial charge in [0.2, 0.25) is 4.80 Å². The zero-order valence-electron chi connectivity index (χ0n) is 18.3. The summed E-state index contributed by atoms with van der Waals surface area (Å²) in [6, 6.07) is 9.79. The van der Waals surface area contributed by atoms with Gasteiger partial charge in [-0.2, -0.15) is 0 Å². The number of piperidine rings is 1. The van der Waals surface area contributed by atoms with Crippen LogP contribution < -0.4 is 4.80 Å². The topological polar surface area (TPSA) is 92.0 Å². The Hall–Kier alpha value is -2.20. The van der Waals surface area contributed by atoms with Crippen molar-refractivity contribution in [2.24, 2.45) is 12.1 Å². The molecular weight excluding hydrogens is 482 g/mol. The molecule has 7 nitrogen and oxygen atoms in total. The van der Waals surface area contributed by atoms with Crippen LogP contribution in [-0.2, 0) is 28.3 Å². The summed E-state index contributed by atoms with van der Waals surface area (Å²) in [4.78, 5) is 14.0. The van der Waals surface area contributed by atoms with Crippen molar-refractivity contribution in [1.82, 2.24) is 9.58 Å². The summed E-state index contributed by atoms with van der Waals surface area (Å²) in [6.07, 6.45) is 2.42. The van der Waals surface area contributed by atoms with Crippen molar-refractivity contribution in [1.29, 1.82) is 0 Å². The molecule has 1 aromatic heterocycles. The maximum atomic E-state index is 13.0. The highest BCUT2D eigenvalue weighted by Gasteiger charge is 2.29. The Morgan fingerprint density at radius 1 is 1.21 bits per heavy atom. The van der Waals surface area contributed by atoms with E-state index in [1.54, 1.807) is 46.0 Å². The molecule has 1 N–H and O–H groups in total. The molecule has 1 aliphatic rings. The van der Waals surface area contributed by atoms with Crippen LogP contribution in [0.3, 0.4) is 0 Å². The molecule has 0 aliphatic carbocycles. The zero-order valence-corrected chi connectivity index (χ0v) is 20.7. The maximum Gasteiger partial charge on any atom is 0.208 e. The predicted octanol–water partition coefficient (Wildman–Crippen LogP) is 3.49. The number of rotatable bonds is 7. The Kier molecular flexibility index (Phi) is 7.23. The van der Waals surface area contributed by atoms with Crippen molar-refractivity contribution in [3.63, 3.8) is 0 Å². The smallest absolute Gasteiger partial charge is 0.208 e. The minimum absolute atomic E-state index is 0.0594. The van der Waals surface area contributed by atoms with Crippen LogP contribution in [0.25, 0.3) is 10.8 Å². The van der Waals surface area contributed by atoms with E-state index in [1.165, 1.54) is 11.3 Å². The molecule has 2 heterocycles. The van der Waals surface area contributed by atoms with E-state index in [4.69, 9.17) is 11.6 Å². The van der Waals surface area contributed by atoms with E-state index < -0.39 is 15.9 Å². The lowest BCUT2D eigenvalue weighted by Crippen LogP contribution is -2.43. The van der Waals surface area contributed by atoms with E-state index in [9.17, 15) is 18.3 Å². The summed E-state index contributed by atoms with van der Waals surface area (Å²) in [6.45, 7) is 0.563. The van der Waals surface area contributed by atoms with Gasteiger partial charge in [0.15, 0.2) is 15.6 Å². The first-order valence-electron chi connectivity index (χ1n) is 10.8. The average molecular weight is 508 g/mol. The minimum atomic E-state index is -3.61. The lowest BCUT2D eigenvalue weighted by Gasteiger charge is -2.32. The minimum Gasteiger partial charge on any atom is -0.390 e. The van der Waals surface area contributed by atoms with Crippen molar-refractivity contribution in [2.75, 3.05) is 12.3 Å². The van der Waals surface area contributed by atoms with Gasteiger partial charge in [-0.3, -0.25) is 9.80 Å². The first-order chi connectivity index (χ1) is 15.8. The molecule has 176 valence electrons. The van der Waals surface area contributed by atoms with Crippen LogP contribution in [0.5, 0.6) is 0 Å². The van der Waals surface area contributed by atoms with Crippen LogP contribution in [0.1, 0.15) is 31.4 Å². The normalized spacial score (nSPS) is 17.6. The molecule has 2 aromatic carbocycles. The van der Waals surface area contributed by atoms with E-state index in [1.807, 2.05) is 12.4 Å². The molecule has 0 bridgehead atoms. The van der Waals surface area contributed by atoms with Crippen LogP contribution in [0, 0.1) is 0 Å². The SMILES string of the molecule is Cn1c(CO)cs/c1=N\N1CCCCC1C(=O)CCS(=O)(=O)c1ccc2cc(Cl)ccc2c1. The number of aliphatic hydroxyl groups is 1. The molecule has 1 atom stereocenters. The van der Waals surface area contributed by atoms with Crippen LogP contribution in [0.15, 0.2) is 51.8 Å². The molecule has 1 fully saturated rings. The molecule has 0 saturated carbocycles. The average Bonchev–Trinajstić information content (AvgIpc) is 3.16.